The first kappa shape index (κ1) is 10.4. The molecule has 1 aliphatic heterocycles. The molecular formula is C11H22N2O. The molecule has 2 aliphatic rings. The number of nitrogens with two attached hydrogens (primary N) is 1. The number of ether oxygens (including phenoxy) is 1. The van der Waals surface area contributed by atoms with Gasteiger partial charge < -0.3 is 10.5 Å². The van der Waals surface area contributed by atoms with Gasteiger partial charge in [0.1, 0.15) is 0 Å². The van der Waals surface area contributed by atoms with Gasteiger partial charge in [-0.15, -0.1) is 0 Å². The highest BCUT2D eigenvalue weighted by molar-refractivity contribution is 4.95. The Kier molecular flexibility index (Phi) is 3.10. The summed E-state index contributed by atoms with van der Waals surface area (Å²) in [5, 5.41) is 0. The SMILES string of the molecule is CCCN(CC1(N)CCOC1)C1CC1. The van der Waals surface area contributed by atoms with Crippen molar-refractivity contribution in [3.8, 4) is 0 Å². The Bertz CT molecular complexity index is 186. The molecule has 0 spiro atoms. The van der Waals surface area contributed by atoms with E-state index in [-0.39, 0.29) is 5.54 Å². The molecule has 2 fully saturated rings. The van der Waals surface area contributed by atoms with Crippen molar-refractivity contribution in [3.05, 3.63) is 0 Å². The van der Waals surface area contributed by atoms with Gasteiger partial charge >= 0.3 is 0 Å². The Hall–Kier alpha value is -0.120. The van der Waals surface area contributed by atoms with E-state index in [9.17, 15) is 0 Å². The van der Waals surface area contributed by atoms with Gasteiger partial charge in [0.15, 0.2) is 0 Å². The number of hydrogen-bond acceptors (Lipinski definition) is 3. The summed E-state index contributed by atoms with van der Waals surface area (Å²) in [5.41, 5.74) is 6.23. The van der Waals surface area contributed by atoms with Gasteiger partial charge in [-0.2, -0.15) is 0 Å². The zero-order valence-corrected chi connectivity index (χ0v) is 9.17. The van der Waals surface area contributed by atoms with Crippen molar-refractivity contribution in [2.75, 3.05) is 26.3 Å². The zero-order chi connectivity index (χ0) is 10.0. The highest BCUT2D eigenvalue weighted by atomic mass is 16.5. The van der Waals surface area contributed by atoms with E-state index in [0.717, 1.165) is 32.2 Å². The van der Waals surface area contributed by atoms with Crippen LogP contribution in [0, 0.1) is 0 Å². The van der Waals surface area contributed by atoms with E-state index in [4.69, 9.17) is 10.5 Å². The molecule has 1 saturated carbocycles. The Morgan fingerprint density at radius 2 is 2.29 bits per heavy atom. The third kappa shape index (κ3) is 2.47. The first-order valence-electron chi connectivity index (χ1n) is 5.84. The van der Waals surface area contributed by atoms with Crippen LogP contribution in [-0.2, 0) is 4.74 Å². The molecule has 1 atom stereocenters. The van der Waals surface area contributed by atoms with Gasteiger partial charge in [0.25, 0.3) is 0 Å². The zero-order valence-electron chi connectivity index (χ0n) is 9.17. The molecular weight excluding hydrogens is 176 g/mol. The highest BCUT2D eigenvalue weighted by Crippen LogP contribution is 2.29. The van der Waals surface area contributed by atoms with Gasteiger partial charge in [-0.05, 0) is 32.2 Å². The molecule has 1 aliphatic carbocycles. The molecule has 2 rings (SSSR count). The first-order valence-corrected chi connectivity index (χ1v) is 5.84. The summed E-state index contributed by atoms with van der Waals surface area (Å²) >= 11 is 0. The summed E-state index contributed by atoms with van der Waals surface area (Å²) in [6, 6.07) is 0.830. The van der Waals surface area contributed by atoms with Crippen LogP contribution >= 0.6 is 0 Å². The van der Waals surface area contributed by atoms with Crippen molar-refractivity contribution < 1.29 is 4.74 Å². The average molecular weight is 198 g/mol. The minimum absolute atomic E-state index is 0.0578. The fourth-order valence-corrected chi connectivity index (χ4v) is 2.27. The van der Waals surface area contributed by atoms with Gasteiger partial charge in [-0.3, -0.25) is 4.90 Å². The monoisotopic (exact) mass is 198 g/mol. The summed E-state index contributed by atoms with van der Waals surface area (Å²) in [4.78, 5) is 2.56. The van der Waals surface area contributed by atoms with Gasteiger partial charge in [0.2, 0.25) is 0 Å². The Morgan fingerprint density at radius 3 is 2.79 bits per heavy atom. The molecule has 1 saturated heterocycles. The summed E-state index contributed by atoms with van der Waals surface area (Å²) in [5.74, 6) is 0. The lowest BCUT2D eigenvalue weighted by atomic mass is 9.99. The van der Waals surface area contributed by atoms with Gasteiger partial charge in [-0.25, -0.2) is 0 Å². The topological polar surface area (TPSA) is 38.5 Å². The Balaban J connectivity index is 1.85. The van der Waals surface area contributed by atoms with Crippen LogP contribution in [0.3, 0.4) is 0 Å². The van der Waals surface area contributed by atoms with Crippen LogP contribution in [0.15, 0.2) is 0 Å². The molecule has 1 unspecified atom stereocenters. The molecule has 0 aromatic rings. The second-order valence-corrected chi connectivity index (χ2v) is 4.87. The normalized spacial score (nSPS) is 32.8. The molecule has 82 valence electrons. The molecule has 0 amide bonds. The second kappa shape index (κ2) is 4.17. The predicted octanol–water partition coefficient (Wildman–Crippen LogP) is 0.979. The maximum absolute atomic E-state index is 6.29. The molecule has 0 aromatic carbocycles. The molecule has 1 heterocycles. The van der Waals surface area contributed by atoms with Crippen LogP contribution in [0.2, 0.25) is 0 Å². The molecule has 0 radical (unpaired) electrons. The number of nitrogens with zero attached hydrogens (tertiary/aromatic N) is 1. The van der Waals surface area contributed by atoms with Crippen LogP contribution < -0.4 is 5.73 Å². The maximum atomic E-state index is 6.29. The van der Waals surface area contributed by atoms with Gasteiger partial charge in [0, 0.05) is 19.2 Å². The molecule has 14 heavy (non-hydrogen) atoms. The molecule has 0 aromatic heterocycles. The molecule has 3 heteroatoms. The third-order valence-electron chi connectivity index (χ3n) is 3.23. The van der Waals surface area contributed by atoms with Gasteiger partial charge in [-0.1, -0.05) is 6.92 Å². The largest absolute Gasteiger partial charge is 0.379 e. The van der Waals surface area contributed by atoms with Crippen LogP contribution in [0.25, 0.3) is 0 Å². The van der Waals surface area contributed by atoms with Gasteiger partial charge in [0.05, 0.1) is 12.1 Å². The van der Waals surface area contributed by atoms with E-state index in [1.807, 2.05) is 0 Å². The lowest BCUT2D eigenvalue weighted by Crippen LogP contribution is -2.51. The molecule has 2 N–H and O–H groups in total. The lowest BCUT2D eigenvalue weighted by Gasteiger charge is -2.31. The highest BCUT2D eigenvalue weighted by Gasteiger charge is 2.37. The minimum Gasteiger partial charge on any atom is -0.379 e. The van der Waals surface area contributed by atoms with Crippen molar-refractivity contribution >= 4 is 0 Å². The van der Waals surface area contributed by atoms with Crippen LogP contribution in [0.1, 0.15) is 32.6 Å². The van der Waals surface area contributed by atoms with E-state index in [0.29, 0.717) is 0 Å². The summed E-state index contributed by atoms with van der Waals surface area (Å²) in [7, 11) is 0. The minimum atomic E-state index is -0.0578. The standard InChI is InChI=1S/C11H22N2O/c1-2-6-13(10-3-4-10)8-11(12)5-7-14-9-11/h10H,2-9,12H2,1H3. The van der Waals surface area contributed by atoms with E-state index in [1.54, 1.807) is 0 Å². The fourth-order valence-electron chi connectivity index (χ4n) is 2.27. The smallest absolute Gasteiger partial charge is 0.0659 e. The summed E-state index contributed by atoms with van der Waals surface area (Å²) in [6.45, 7) is 6.07. The second-order valence-electron chi connectivity index (χ2n) is 4.87. The van der Waals surface area contributed by atoms with Crippen LogP contribution in [-0.4, -0.2) is 42.8 Å². The van der Waals surface area contributed by atoms with Crippen molar-refractivity contribution in [3.63, 3.8) is 0 Å². The fraction of sp³-hybridized carbons (Fsp3) is 1.00. The van der Waals surface area contributed by atoms with E-state index < -0.39 is 0 Å². The van der Waals surface area contributed by atoms with E-state index in [1.165, 1.54) is 25.8 Å². The van der Waals surface area contributed by atoms with Crippen molar-refractivity contribution in [1.82, 2.24) is 4.90 Å². The maximum Gasteiger partial charge on any atom is 0.0659 e. The van der Waals surface area contributed by atoms with E-state index in [2.05, 4.69) is 11.8 Å². The molecule has 3 nitrogen and oxygen atoms in total. The first-order chi connectivity index (χ1) is 6.73. The predicted molar refractivity (Wildman–Crippen MR) is 57.2 cm³/mol. The average Bonchev–Trinajstić information content (AvgIpc) is 2.91. The number of rotatable bonds is 5. The Labute approximate surface area is 86.6 Å². The number of hydrogen-bond donors (Lipinski definition) is 1. The van der Waals surface area contributed by atoms with Crippen LogP contribution in [0.5, 0.6) is 0 Å². The van der Waals surface area contributed by atoms with Crippen molar-refractivity contribution in [1.29, 1.82) is 0 Å². The summed E-state index contributed by atoms with van der Waals surface area (Å²) < 4.78 is 5.39. The van der Waals surface area contributed by atoms with Crippen LogP contribution in [0.4, 0.5) is 0 Å². The Morgan fingerprint density at radius 1 is 1.50 bits per heavy atom. The van der Waals surface area contributed by atoms with E-state index >= 15 is 0 Å². The lowest BCUT2D eigenvalue weighted by molar-refractivity contribution is 0.149. The quantitative estimate of drug-likeness (QED) is 0.715. The third-order valence-corrected chi connectivity index (χ3v) is 3.23. The molecule has 0 bridgehead atoms. The van der Waals surface area contributed by atoms with Crippen molar-refractivity contribution in [2.24, 2.45) is 5.73 Å². The van der Waals surface area contributed by atoms with Crippen molar-refractivity contribution in [2.45, 2.75) is 44.2 Å². The summed E-state index contributed by atoms with van der Waals surface area (Å²) in [6.07, 6.45) is 5.00.